The van der Waals surface area contributed by atoms with E-state index >= 15 is 0 Å². The van der Waals surface area contributed by atoms with Crippen molar-refractivity contribution in [2.24, 2.45) is 10.2 Å². The van der Waals surface area contributed by atoms with Crippen LogP contribution in [0.25, 0.3) is 11.3 Å². The van der Waals surface area contributed by atoms with E-state index in [0.717, 1.165) is 28.5 Å². The summed E-state index contributed by atoms with van der Waals surface area (Å²) in [6, 6.07) is 10.8. The fourth-order valence-electron chi connectivity index (χ4n) is 3.66. The predicted octanol–water partition coefficient (Wildman–Crippen LogP) is 7.46. The highest BCUT2D eigenvalue weighted by atomic mass is 32.1. The minimum Gasteiger partial charge on any atom is -0.383 e. The van der Waals surface area contributed by atoms with Gasteiger partial charge in [0.1, 0.15) is 17.3 Å². The van der Waals surface area contributed by atoms with Crippen LogP contribution in [0.5, 0.6) is 0 Å². The highest BCUT2D eigenvalue weighted by Crippen LogP contribution is 2.42. The van der Waals surface area contributed by atoms with Crippen LogP contribution in [0.15, 0.2) is 34.5 Å². The van der Waals surface area contributed by atoms with Gasteiger partial charge < -0.3 is 14.4 Å². The number of azo groups is 1. The molecule has 3 aromatic rings. The van der Waals surface area contributed by atoms with Gasteiger partial charge in [-0.1, -0.05) is 70.2 Å². The van der Waals surface area contributed by atoms with Crippen molar-refractivity contribution in [3.63, 3.8) is 0 Å². The topological polar surface area (TPSA) is 96.0 Å². The van der Waals surface area contributed by atoms with E-state index in [1.54, 1.807) is 14.2 Å². The van der Waals surface area contributed by atoms with Gasteiger partial charge in [-0.15, -0.1) is 10.2 Å². The summed E-state index contributed by atoms with van der Waals surface area (Å²) < 4.78 is 15.1. The van der Waals surface area contributed by atoms with Crippen molar-refractivity contribution in [2.75, 3.05) is 45.4 Å². The summed E-state index contributed by atoms with van der Waals surface area (Å²) in [5, 5.41) is 20.9. The maximum atomic E-state index is 9.79. The molecule has 0 N–H and O–H groups in total. The fraction of sp³-hybridized carbons (Fsp3) is 0.519. The lowest BCUT2D eigenvalue weighted by molar-refractivity contribution is 0.190. The number of nitriles is 1. The number of methoxy groups -OCH3 is 2. The average molecular weight is 541 g/mol. The van der Waals surface area contributed by atoms with Crippen LogP contribution in [0.1, 0.15) is 63.8 Å². The number of thiazole rings is 1. The molecule has 0 spiro atoms. The third kappa shape index (κ3) is 7.20. The van der Waals surface area contributed by atoms with E-state index < -0.39 is 0 Å². The molecule has 0 saturated carbocycles. The van der Waals surface area contributed by atoms with Crippen LogP contribution in [0.2, 0.25) is 0 Å². The van der Waals surface area contributed by atoms with Crippen LogP contribution < -0.4 is 4.90 Å². The second kappa shape index (κ2) is 13.2. The van der Waals surface area contributed by atoms with Crippen LogP contribution in [0.4, 0.5) is 15.1 Å². The lowest BCUT2D eigenvalue weighted by Gasteiger charge is -2.20. The van der Waals surface area contributed by atoms with Gasteiger partial charge in [0.15, 0.2) is 15.1 Å². The SMILES string of the molecule is CCC(C)c1ccc(-c2nc(N(CCOC)CCOC)sc2/N=N/c2snc(C(C)(C)C)c2C#N)cc1. The van der Waals surface area contributed by atoms with E-state index in [1.165, 1.54) is 28.4 Å². The molecule has 0 aliphatic heterocycles. The Morgan fingerprint density at radius 1 is 1.05 bits per heavy atom. The highest BCUT2D eigenvalue weighted by Gasteiger charge is 2.25. The van der Waals surface area contributed by atoms with E-state index in [0.29, 0.717) is 47.8 Å². The van der Waals surface area contributed by atoms with Crippen molar-refractivity contribution in [2.45, 2.75) is 52.4 Å². The van der Waals surface area contributed by atoms with Gasteiger partial charge >= 0.3 is 0 Å². The summed E-state index contributed by atoms with van der Waals surface area (Å²) in [6.07, 6.45) is 1.08. The Morgan fingerprint density at radius 3 is 2.22 bits per heavy atom. The second-order valence-corrected chi connectivity index (χ2v) is 11.5. The molecule has 2 aromatic heterocycles. The lowest BCUT2D eigenvalue weighted by Crippen LogP contribution is -2.30. The van der Waals surface area contributed by atoms with Gasteiger partial charge in [-0.2, -0.15) is 9.64 Å². The molecule has 198 valence electrons. The molecule has 1 atom stereocenters. The predicted molar refractivity (Wildman–Crippen MR) is 152 cm³/mol. The van der Waals surface area contributed by atoms with E-state index in [-0.39, 0.29) is 5.41 Å². The summed E-state index contributed by atoms with van der Waals surface area (Å²) in [7, 11) is 3.38. The largest absolute Gasteiger partial charge is 0.383 e. The Morgan fingerprint density at radius 2 is 1.68 bits per heavy atom. The number of hydrogen-bond donors (Lipinski definition) is 0. The Bertz CT molecular complexity index is 1210. The zero-order valence-corrected chi connectivity index (χ0v) is 24.4. The third-order valence-electron chi connectivity index (χ3n) is 6.09. The average Bonchev–Trinajstić information content (AvgIpc) is 3.51. The molecule has 0 fully saturated rings. The fourth-order valence-corrected chi connectivity index (χ4v) is 5.47. The van der Waals surface area contributed by atoms with Gasteiger partial charge in [0.05, 0.1) is 18.9 Å². The highest BCUT2D eigenvalue weighted by molar-refractivity contribution is 7.19. The Kier molecular flexibility index (Phi) is 10.3. The number of benzene rings is 1. The number of ether oxygens (including phenoxy) is 2. The van der Waals surface area contributed by atoms with Gasteiger partial charge in [-0.05, 0) is 29.4 Å². The number of nitrogens with zero attached hydrogens (tertiary/aromatic N) is 6. The molecule has 37 heavy (non-hydrogen) atoms. The van der Waals surface area contributed by atoms with Gasteiger partial charge in [-0.3, -0.25) is 0 Å². The van der Waals surface area contributed by atoms with E-state index in [2.05, 4.69) is 63.7 Å². The molecule has 0 aliphatic carbocycles. The molecule has 0 saturated heterocycles. The second-order valence-electron chi connectivity index (χ2n) is 9.83. The van der Waals surface area contributed by atoms with Crippen molar-refractivity contribution in [1.29, 1.82) is 5.26 Å². The molecular weight excluding hydrogens is 504 g/mol. The van der Waals surface area contributed by atoms with E-state index in [1.807, 2.05) is 20.8 Å². The van der Waals surface area contributed by atoms with Crippen LogP contribution in [-0.2, 0) is 14.9 Å². The van der Waals surface area contributed by atoms with Crippen LogP contribution in [0, 0.1) is 11.3 Å². The molecule has 0 bridgehead atoms. The Labute approximate surface area is 228 Å². The number of aromatic nitrogens is 2. The molecule has 2 heterocycles. The molecule has 0 aliphatic rings. The summed E-state index contributed by atoms with van der Waals surface area (Å²) in [4.78, 5) is 7.12. The van der Waals surface area contributed by atoms with Crippen molar-refractivity contribution in [1.82, 2.24) is 9.36 Å². The zero-order valence-electron chi connectivity index (χ0n) is 22.7. The number of hydrogen-bond acceptors (Lipinski definition) is 10. The van der Waals surface area contributed by atoms with Crippen LogP contribution in [-0.4, -0.2) is 49.9 Å². The summed E-state index contributed by atoms with van der Waals surface area (Å²) in [5.74, 6) is 0.491. The third-order valence-corrected chi connectivity index (χ3v) is 7.83. The normalized spacial score (nSPS) is 12.7. The van der Waals surface area contributed by atoms with E-state index in [4.69, 9.17) is 14.5 Å². The van der Waals surface area contributed by atoms with Crippen molar-refractivity contribution in [3.05, 3.63) is 41.1 Å². The van der Waals surface area contributed by atoms with Crippen LogP contribution >= 0.6 is 22.9 Å². The Hall–Kier alpha value is -2.71. The lowest BCUT2D eigenvalue weighted by atomic mass is 9.90. The quantitative estimate of drug-likeness (QED) is 0.221. The minimum absolute atomic E-state index is 0.251. The maximum Gasteiger partial charge on any atom is 0.188 e. The molecular formula is C27H36N6O2S2. The zero-order chi connectivity index (χ0) is 27.0. The van der Waals surface area contributed by atoms with Gasteiger partial charge in [-0.25, -0.2) is 4.98 Å². The first-order valence-corrected chi connectivity index (χ1v) is 14.0. The Balaban J connectivity index is 2.05. The first kappa shape index (κ1) is 28.9. The number of anilines is 1. The van der Waals surface area contributed by atoms with Gasteiger partial charge in [0, 0.05) is 38.3 Å². The first-order valence-electron chi connectivity index (χ1n) is 12.4. The van der Waals surface area contributed by atoms with Crippen molar-refractivity contribution in [3.8, 4) is 17.3 Å². The smallest absolute Gasteiger partial charge is 0.188 e. The molecule has 8 nitrogen and oxygen atoms in total. The molecule has 1 aromatic carbocycles. The van der Waals surface area contributed by atoms with Gasteiger partial charge in [0.25, 0.3) is 0 Å². The summed E-state index contributed by atoms with van der Waals surface area (Å²) >= 11 is 2.67. The van der Waals surface area contributed by atoms with Crippen molar-refractivity contribution < 1.29 is 9.47 Å². The molecule has 3 rings (SSSR count). The van der Waals surface area contributed by atoms with Crippen LogP contribution in [0.3, 0.4) is 0 Å². The summed E-state index contributed by atoms with van der Waals surface area (Å²) in [5.41, 5.74) is 4.00. The molecule has 0 radical (unpaired) electrons. The molecule has 1 unspecified atom stereocenters. The van der Waals surface area contributed by atoms with Crippen molar-refractivity contribution >= 4 is 38.0 Å². The maximum absolute atomic E-state index is 9.79. The minimum atomic E-state index is -0.251. The van der Waals surface area contributed by atoms with E-state index in [9.17, 15) is 5.26 Å². The molecule has 10 heteroatoms. The first-order chi connectivity index (χ1) is 17.7. The standard InChI is InChI=1S/C27H36N6O2S2/c1-8-18(2)19-9-11-20(12-10-19)22-25(36-26(29-22)33(13-15-34-6)14-16-35-7)31-30-24-21(17-28)23(32-37-24)27(3,4)5/h9-12,18H,8,13-16H2,1-7H3/b31-30+. The van der Waals surface area contributed by atoms with Gasteiger partial charge in [0.2, 0.25) is 0 Å². The molecule has 0 amide bonds. The summed E-state index contributed by atoms with van der Waals surface area (Å²) in [6.45, 7) is 13.0. The number of rotatable bonds is 12. The monoisotopic (exact) mass is 540 g/mol.